The van der Waals surface area contributed by atoms with E-state index in [0.29, 0.717) is 19.1 Å². The number of aliphatic hydroxyl groups excluding tert-OH is 1. The first-order valence-electron chi connectivity index (χ1n) is 10.2. The molecule has 2 heterocycles. The van der Waals surface area contributed by atoms with Gasteiger partial charge in [-0.25, -0.2) is 4.39 Å². The average Bonchev–Trinajstić information content (AvgIpc) is 3.45. The van der Waals surface area contributed by atoms with E-state index >= 15 is 0 Å². The molecule has 2 aromatic carbocycles. The van der Waals surface area contributed by atoms with Gasteiger partial charge in [-0.05, 0) is 42.2 Å². The van der Waals surface area contributed by atoms with Crippen LogP contribution in [-0.2, 0) is 9.47 Å². The maximum absolute atomic E-state index is 13.6. The first kappa shape index (κ1) is 18.7. The summed E-state index contributed by atoms with van der Waals surface area (Å²) in [6, 6.07) is 14.4. The molecule has 0 bridgehead atoms. The standard InChI is InChI=1S/C24H24FNO3/c1-14(24-28-12-13-29-24)23(27)21-20(15-8-10-17(25)11-9-15)18-4-2-3-5-19(18)26-22(21)16-6-7-16/h2-5,8-11,14,16,23-24,27H,6-7,12-13H2,1H3. The summed E-state index contributed by atoms with van der Waals surface area (Å²) < 4.78 is 25.0. The number of halogens is 1. The molecule has 5 rings (SSSR count). The summed E-state index contributed by atoms with van der Waals surface area (Å²) in [5.74, 6) is -0.184. The van der Waals surface area contributed by atoms with Crippen LogP contribution in [0, 0.1) is 11.7 Å². The van der Waals surface area contributed by atoms with Crippen LogP contribution < -0.4 is 0 Å². The zero-order chi connectivity index (χ0) is 20.0. The first-order chi connectivity index (χ1) is 14.1. The van der Waals surface area contributed by atoms with E-state index in [9.17, 15) is 9.50 Å². The van der Waals surface area contributed by atoms with Crippen molar-refractivity contribution in [1.82, 2.24) is 4.98 Å². The van der Waals surface area contributed by atoms with Crippen molar-refractivity contribution in [1.29, 1.82) is 0 Å². The molecule has 5 heteroatoms. The van der Waals surface area contributed by atoms with Gasteiger partial charge in [0, 0.05) is 22.8 Å². The second-order valence-corrected chi connectivity index (χ2v) is 8.00. The maximum Gasteiger partial charge on any atom is 0.163 e. The van der Waals surface area contributed by atoms with Crippen LogP contribution in [0.25, 0.3) is 22.0 Å². The van der Waals surface area contributed by atoms with Crippen LogP contribution >= 0.6 is 0 Å². The van der Waals surface area contributed by atoms with E-state index in [2.05, 4.69) is 0 Å². The van der Waals surface area contributed by atoms with E-state index in [0.717, 1.165) is 46.1 Å². The fraction of sp³-hybridized carbons (Fsp3) is 0.375. The second kappa shape index (κ2) is 7.48. The van der Waals surface area contributed by atoms with Gasteiger partial charge >= 0.3 is 0 Å². The van der Waals surface area contributed by atoms with Gasteiger partial charge in [0.2, 0.25) is 0 Å². The molecule has 2 unspecified atom stereocenters. The first-order valence-corrected chi connectivity index (χ1v) is 10.2. The Morgan fingerprint density at radius 1 is 1.03 bits per heavy atom. The monoisotopic (exact) mass is 393 g/mol. The van der Waals surface area contributed by atoms with Crippen molar-refractivity contribution >= 4 is 10.9 Å². The molecule has 0 radical (unpaired) electrons. The van der Waals surface area contributed by atoms with E-state index in [4.69, 9.17) is 14.5 Å². The maximum atomic E-state index is 13.6. The largest absolute Gasteiger partial charge is 0.388 e. The third kappa shape index (κ3) is 3.44. The van der Waals surface area contributed by atoms with Gasteiger partial charge in [0.15, 0.2) is 6.29 Å². The minimum Gasteiger partial charge on any atom is -0.388 e. The van der Waals surface area contributed by atoms with Crippen LogP contribution in [0.4, 0.5) is 4.39 Å². The molecule has 3 aromatic rings. The van der Waals surface area contributed by atoms with Crippen LogP contribution in [0.3, 0.4) is 0 Å². The molecule has 2 fully saturated rings. The molecular weight excluding hydrogens is 369 g/mol. The number of aliphatic hydroxyl groups is 1. The number of aromatic nitrogens is 1. The second-order valence-electron chi connectivity index (χ2n) is 8.00. The van der Waals surface area contributed by atoms with Crippen molar-refractivity contribution in [2.45, 2.75) is 38.1 Å². The molecule has 2 aliphatic rings. The summed E-state index contributed by atoms with van der Waals surface area (Å²) in [5, 5.41) is 12.4. The highest BCUT2D eigenvalue weighted by Gasteiger charge is 2.37. The number of benzene rings is 2. The van der Waals surface area contributed by atoms with Gasteiger partial charge in [0.05, 0.1) is 30.5 Å². The highest BCUT2D eigenvalue weighted by atomic mass is 19.1. The van der Waals surface area contributed by atoms with Crippen LogP contribution in [0.2, 0.25) is 0 Å². The van der Waals surface area contributed by atoms with Gasteiger partial charge in [-0.15, -0.1) is 0 Å². The topological polar surface area (TPSA) is 51.6 Å². The van der Waals surface area contributed by atoms with Crippen molar-refractivity contribution in [3.8, 4) is 11.1 Å². The zero-order valence-corrected chi connectivity index (χ0v) is 16.3. The molecular formula is C24H24FNO3. The van der Waals surface area contributed by atoms with Crippen LogP contribution in [0.5, 0.6) is 0 Å². The number of fused-ring (bicyclic) bond motifs is 1. The number of pyridine rings is 1. The van der Waals surface area contributed by atoms with Gasteiger partial charge in [0.1, 0.15) is 5.82 Å². The van der Waals surface area contributed by atoms with Crippen molar-refractivity contribution in [3.63, 3.8) is 0 Å². The predicted octanol–water partition coefficient (Wildman–Crippen LogP) is 4.96. The van der Waals surface area contributed by atoms with Crippen molar-refractivity contribution in [3.05, 3.63) is 65.6 Å². The predicted molar refractivity (Wildman–Crippen MR) is 109 cm³/mol. The van der Waals surface area contributed by atoms with Crippen LogP contribution in [0.1, 0.15) is 43.0 Å². The molecule has 150 valence electrons. The molecule has 0 amide bonds. The summed E-state index contributed by atoms with van der Waals surface area (Å²) in [7, 11) is 0. The Labute approximate surface area is 169 Å². The number of rotatable bonds is 5. The van der Waals surface area contributed by atoms with Gasteiger partial charge in [-0.3, -0.25) is 4.98 Å². The van der Waals surface area contributed by atoms with Gasteiger partial charge in [-0.1, -0.05) is 37.3 Å². The quantitative estimate of drug-likeness (QED) is 0.666. The van der Waals surface area contributed by atoms with Crippen molar-refractivity contribution in [2.75, 3.05) is 13.2 Å². The van der Waals surface area contributed by atoms with Crippen LogP contribution in [0.15, 0.2) is 48.5 Å². The lowest BCUT2D eigenvalue weighted by atomic mass is 9.85. The number of ether oxygens (including phenoxy) is 2. The summed E-state index contributed by atoms with van der Waals surface area (Å²) in [4.78, 5) is 4.96. The summed E-state index contributed by atoms with van der Waals surface area (Å²) in [6.45, 7) is 3.02. The lowest BCUT2D eigenvalue weighted by Gasteiger charge is -2.28. The Balaban J connectivity index is 1.74. The minimum atomic E-state index is -0.800. The van der Waals surface area contributed by atoms with Gasteiger partial charge < -0.3 is 14.6 Å². The van der Waals surface area contributed by atoms with Crippen molar-refractivity contribution < 1.29 is 19.0 Å². The lowest BCUT2D eigenvalue weighted by Crippen LogP contribution is -2.26. The molecule has 29 heavy (non-hydrogen) atoms. The Morgan fingerprint density at radius 2 is 1.72 bits per heavy atom. The number of para-hydroxylation sites is 1. The number of nitrogens with zero attached hydrogens (tertiary/aromatic N) is 1. The fourth-order valence-electron chi connectivity index (χ4n) is 4.23. The Kier molecular flexibility index (Phi) is 4.82. The van der Waals surface area contributed by atoms with E-state index in [1.54, 1.807) is 12.1 Å². The molecule has 1 N–H and O–H groups in total. The molecule has 1 aromatic heterocycles. The van der Waals surface area contributed by atoms with Crippen molar-refractivity contribution in [2.24, 2.45) is 5.92 Å². The molecule has 4 nitrogen and oxygen atoms in total. The average molecular weight is 393 g/mol. The highest BCUT2D eigenvalue weighted by molar-refractivity contribution is 5.97. The summed E-state index contributed by atoms with van der Waals surface area (Å²) in [5.41, 5.74) is 4.46. The minimum absolute atomic E-state index is 0.253. The van der Waals surface area contributed by atoms with Gasteiger partial charge in [-0.2, -0.15) is 0 Å². The molecule has 2 atom stereocenters. The van der Waals surface area contributed by atoms with Gasteiger partial charge in [0.25, 0.3) is 0 Å². The molecule has 1 aliphatic heterocycles. The SMILES string of the molecule is CC(C1OCCO1)C(O)c1c(C2CC2)nc2ccccc2c1-c1ccc(F)cc1. The molecule has 1 saturated carbocycles. The Hall–Kier alpha value is -2.34. The third-order valence-electron chi connectivity index (χ3n) is 5.93. The van der Waals surface area contributed by atoms with E-state index in [1.807, 2.05) is 31.2 Å². The Morgan fingerprint density at radius 3 is 2.41 bits per heavy atom. The molecule has 1 aliphatic carbocycles. The molecule has 0 spiro atoms. The van der Waals surface area contributed by atoms with E-state index in [-0.39, 0.29) is 11.7 Å². The smallest absolute Gasteiger partial charge is 0.163 e. The van der Waals surface area contributed by atoms with E-state index in [1.165, 1.54) is 12.1 Å². The lowest BCUT2D eigenvalue weighted by molar-refractivity contribution is -0.111. The number of hydrogen-bond acceptors (Lipinski definition) is 4. The highest BCUT2D eigenvalue weighted by Crippen LogP contribution is 2.48. The number of hydrogen-bond donors (Lipinski definition) is 1. The van der Waals surface area contributed by atoms with Crippen LogP contribution in [-0.4, -0.2) is 29.6 Å². The fourth-order valence-corrected chi connectivity index (χ4v) is 4.23. The van der Waals surface area contributed by atoms with E-state index < -0.39 is 12.4 Å². The summed E-state index contributed by atoms with van der Waals surface area (Å²) in [6.07, 6.45) is 0.896. The normalized spacial score (nSPS) is 19.6. The molecule has 1 saturated heterocycles. The summed E-state index contributed by atoms with van der Waals surface area (Å²) >= 11 is 0. The zero-order valence-electron chi connectivity index (χ0n) is 16.3. The third-order valence-corrected chi connectivity index (χ3v) is 5.93. The Bertz CT molecular complexity index is 1030.